The van der Waals surface area contributed by atoms with Crippen LogP contribution in [0.15, 0.2) is 44.9 Å². The number of ether oxygens (including phenoxy) is 2. The van der Waals surface area contributed by atoms with Crippen molar-refractivity contribution in [3.8, 4) is 0 Å². The number of amides is 1. The van der Waals surface area contributed by atoms with Crippen molar-refractivity contribution >= 4 is 60.8 Å². The molecule has 1 atom stereocenters. The molecule has 10 nitrogen and oxygen atoms in total. The summed E-state index contributed by atoms with van der Waals surface area (Å²) in [5.74, 6) is -1.65. The van der Waals surface area contributed by atoms with Crippen molar-refractivity contribution in [2.75, 3.05) is 20.3 Å². The number of hydrogen-bond acceptors (Lipinski definition) is 9. The molecule has 0 saturated carbocycles. The molecule has 0 spiro atoms. The van der Waals surface area contributed by atoms with Gasteiger partial charge in [0.25, 0.3) is 15.9 Å². The van der Waals surface area contributed by atoms with Crippen molar-refractivity contribution in [3.63, 3.8) is 0 Å². The second-order valence-electron chi connectivity index (χ2n) is 7.61. The number of thiazole rings is 1. The van der Waals surface area contributed by atoms with Gasteiger partial charge in [-0.2, -0.15) is 9.30 Å². The van der Waals surface area contributed by atoms with Crippen LogP contribution in [0.2, 0.25) is 0 Å². The predicted octanol–water partition coefficient (Wildman–Crippen LogP) is 2.39. The molecule has 1 saturated heterocycles. The van der Waals surface area contributed by atoms with E-state index >= 15 is 0 Å². The third-order valence-electron chi connectivity index (χ3n) is 5.46. The van der Waals surface area contributed by atoms with Crippen LogP contribution in [-0.4, -0.2) is 61.4 Å². The van der Waals surface area contributed by atoms with Gasteiger partial charge in [-0.25, -0.2) is 13.2 Å². The fourth-order valence-corrected chi connectivity index (χ4v) is 7.66. The molecular formula is C22H23N3O7S3. The molecule has 1 aliphatic rings. The van der Waals surface area contributed by atoms with Crippen LogP contribution in [0.5, 0.6) is 0 Å². The average Bonchev–Trinajstić information content (AvgIpc) is 3.60. The molecule has 3 heterocycles. The quantitative estimate of drug-likeness (QED) is 0.424. The van der Waals surface area contributed by atoms with Gasteiger partial charge in [0.1, 0.15) is 16.8 Å². The number of aromatic nitrogens is 1. The van der Waals surface area contributed by atoms with Gasteiger partial charge in [0.2, 0.25) is 0 Å². The van der Waals surface area contributed by atoms with E-state index in [0.29, 0.717) is 28.6 Å². The highest BCUT2D eigenvalue weighted by atomic mass is 32.2. The zero-order chi connectivity index (χ0) is 25.2. The first kappa shape index (κ1) is 25.2. The van der Waals surface area contributed by atoms with Gasteiger partial charge >= 0.3 is 11.9 Å². The van der Waals surface area contributed by atoms with E-state index in [1.54, 1.807) is 36.6 Å². The molecule has 1 aromatic carbocycles. The van der Waals surface area contributed by atoms with E-state index in [4.69, 9.17) is 9.47 Å². The van der Waals surface area contributed by atoms with Crippen molar-refractivity contribution in [2.24, 2.45) is 4.99 Å². The van der Waals surface area contributed by atoms with Gasteiger partial charge in [0.05, 0.1) is 29.5 Å². The van der Waals surface area contributed by atoms with Gasteiger partial charge in [-0.1, -0.05) is 17.4 Å². The highest BCUT2D eigenvalue weighted by Gasteiger charge is 2.40. The maximum Gasteiger partial charge on any atom is 0.338 e. The molecular weight excluding hydrogens is 514 g/mol. The minimum absolute atomic E-state index is 0.173. The van der Waals surface area contributed by atoms with Crippen LogP contribution >= 0.6 is 22.7 Å². The van der Waals surface area contributed by atoms with E-state index in [1.165, 1.54) is 22.0 Å². The summed E-state index contributed by atoms with van der Waals surface area (Å²) in [5, 5.41) is 1.67. The Balaban J connectivity index is 1.75. The van der Waals surface area contributed by atoms with E-state index < -0.39 is 33.9 Å². The first-order chi connectivity index (χ1) is 16.8. The molecule has 1 unspecified atom stereocenters. The number of carbonyl (C=O) groups is 3. The summed E-state index contributed by atoms with van der Waals surface area (Å²) in [6.07, 6.45) is 0.885. The number of esters is 2. The number of rotatable bonds is 7. The molecule has 2 aromatic heterocycles. The number of sulfonamides is 1. The summed E-state index contributed by atoms with van der Waals surface area (Å²) in [6.45, 7) is 1.96. The summed E-state index contributed by atoms with van der Waals surface area (Å²) >= 11 is 2.21. The summed E-state index contributed by atoms with van der Waals surface area (Å²) in [7, 11) is -2.56. The number of methoxy groups -OCH3 is 1. The normalized spacial score (nSPS) is 17.1. The third kappa shape index (κ3) is 5.08. The zero-order valence-electron chi connectivity index (χ0n) is 19.0. The van der Waals surface area contributed by atoms with Gasteiger partial charge in [-0.05, 0) is 49.4 Å². The summed E-state index contributed by atoms with van der Waals surface area (Å²) in [6, 6.07) is 7.04. The first-order valence-electron chi connectivity index (χ1n) is 10.8. The number of nitrogens with zero attached hydrogens (tertiary/aromatic N) is 3. The first-order valence-corrected chi connectivity index (χ1v) is 13.9. The molecule has 0 bridgehead atoms. The van der Waals surface area contributed by atoms with Crippen LogP contribution < -0.4 is 4.80 Å². The van der Waals surface area contributed by atoms with Crippen LogP contribution in [-0.2, 0) is 35.6 Å². The summed E-state index contributed by atoms with van der Waals surface area (Å²) < 4.78 is 39.4. The van der Waals surface area contributed by atoms with Gasteiger partial charge in [-0.3, -0.25) is 9.59 Å². The standard InChI is InChI=1S/C22H23N3O7S3/c1-3-32-21(28)14-8-9-15-17(12-14)34-22(24(15)13-18(26)31-2)23-20(27)16-6-4-10-25(16)35(29,30)19-7-5-11-33-19/h5,7-9,11-12,16H,3-4,6,10,13H2,1-2H3. The second-order valence-corrected chi connectivity index (χ2v) is 11.7. The Morgan fingerprint density at radius 3 is 2.71 bits per heavy atom. The number of fused-ring (bicyclic) bond motifs is 1. The topological polar surface area (TPSA) is 124 Å². The number of carbonyl (C=O) groups excluding carboxylic acids is 3. The van der Waals surface area contributed by atoms with Gasteiger partial charge in [0, 0.05) is 6.54 Å². The number of thiophene rings is 1. The largest absolute Gasteiger partial charge is 0.468 e. The Kier molecular flexibility index (Phi) is 7.50. The zero-order valence-corrected chi connectivity index (χ0v) is 21.5. The molecule has 0 aliphatic carbocycles. The molecule has 3 aromatic rings. The van der Waals surface area contributed by atoms with Gasteiger partial charge in [0.15, 0.2) is 4.80 Å². The average molecular weight is 538 g/mol. The fraction of sp³-hybridized carbons (Fsp3) is 0.364. The van der Waals surface area contributed by atoms with Crippen LogP contribution in [0.1, 0.15) is 30.1 Å². The number of benzene rings is 1. The van der Waals surface area contributed by atoms with Crippen molar-refractivity contribution in [2.45, 2.75) is 36.6 Å². The lowest BCUT2D eigenvalue weighted by Crippen LogP contribution is -2.40. The highest BCUT2D eigenvalue weighted by Crippen LogP contribution is 2.29. The fourth-order valence-electron chi connectivity index (χ4n) is 3.82. The summed E-state index contributed by atoms with van der Waals surface area (Å²) in [5.41, 5.74) is 0.905. The SMILES string of the molecule is CCOC(=O)c1ccc2c(c1)sc(=NC(=O)C1CCCN1S(=O)(=O)c1cccs1)n2CC(=O)OC. The van der Waals surface area contributed by atoms with Gasteiger partial charge < -0.3 is 14.0 Å². The van der Waals surface area contributed by atoms with Crippen LogP contribution in [0, 0.1) is 0 Å². The lowest BCUT2D eigenvalue weighted by Gasteiger charge is -2.20. The maximum absolute atomic E-state index is 13.2. The highest BCUT2D eigenvalue weighted by molar-refractivity contribution is 7.91. The van der Waals surface area contributed by atoms with Crippen LogP contribution in [0.3, 0.4) is 0 Å². The monoisotopic (exact) mass is 537 g/mol. The van der Waals surface area contributed by atoms with Crippen LogP contribution in [0.25, 0.3) is 10.2 Å². The van der Waals surface area contributed by atoms with Crippen molar-refractivity contribution in [1.29, 1.82) is 0 Å². The minimum atomic E-state index is -3.82. The Morgan fingerprint density at radius 1 is 1.23 bits per heavy atom. The third-order valence-corrected chi connectivity index (χ3v) is 9.78. The second kappa shape index (κ2) is 10.4. The lowest BCUT2D eigenvalue weighted by atomic mass is 10.2. The lowest BCUT2D eigenvalue weighted by molar-refractivity contribution is -0.141. The molecule has 1 fully saturated rings. The van der Waals surface area contributed by atoms with E-state index in [2.05, 4.69) is 4.99 Å². The number of hydrogen-bond donors (Lipinski definition) is 0. The van der Waals surface area contributed by atoms with Gasteiger partial charge in [-0.15, -0.1) is 11.3 Å². The molecule has 186 valence electrons. The van der Waals surface area contributed by atoms with Crippen molar-refractivity contribution < 1.29 is 32.3 Å². The molecule has 0 N–H and O–H groups in total. The Hall–Kier alpha value is -2.87. The molecule has 13 heteroatoms. The molecule has 35 heavy (non-hydrogen) atoms. The predicted molar refractivity (Wildman–Crippen MR) is 130 cm³/mol. The minimum Gasteiger partial charge on any atom is -0.468 e. The molecule has 1 aliphatic heterocycles. The Morgan fingerprint density at radius 2 is 2.03 bits per heavy atom. The smallest absolute Gasteiger partial charge is 0.338 e. The van der Waals surface area contributed by atoms with E-state index in [9.17, 15) is 22.8 Å². The van der Waals surface area contributed by atoms with E-state index in [1.807, 2.05) is 0 Å². The maximum atomic E-state index is 13.2. The molecule has 0 radical (unpaired) electrons. The summed E-state index contributed by atoms with van der Waals surface area (Å²) in [4.78, 5) is 41.9. The van der Waals surface area contributed by atoms with Crippen molar-refractivity contribution in [3.05, 3.63) is 46.1 Å². The Bertz CT molecular complexity index is 1440. The van der Waals surface area contributed by atoms with E-state index in [-0.39, 0.29) is 28.7 Å². The van der Waals surface area contributed by atoms with E-state index in [0.717, 1.165) is 22.7 Å². The molecule has 1 amide bonds. The van der Waals surface area contributed by atoms with Crippen LogP contribution in [0.4, 0.5) is 0 Å². The van der Waals surface area contributed by atoms with Crippen molar-refractivity contribution in [1.82, 2.24) is 8.87 Å². The molecule has 4 rings (SSSR count). The Labute approximate surface area is 209 Å².